The summed E-state index contributed by atoms with van der Waals surface area (Å²) in [4.78, 5) is 15.1. The molecule has 2 heterocycles. The molecule has 0 spiro atoms. The molecular formula is C22H25N5O. The van der Waals surface area contributed by atoms with Crippen molar-refractivity contribution in [3.8, 4) is 0 Å². The van der Waals surface area contributed by atoms with Crippen molar-refractivity contribution >= 4 is 5.91 Å². The molecule has 6 nitrogen and oxygen atoms in total. The SMILES string of the molecule is Cc1nnnn1Cc1ccc(C(=O)N2CCC[C@@](C)(c3ccccc3)C2)cc1. The molecule has 0 aliphatic carbocycles. The molecule has 0 saturated carbocycles. The van der Waals surface area contributed by atoms with E-state index in [4.69, 9.17) is 0 Å². The number of benzene rings is 2. The number of amides is 1. The summed E-state index contributed by atoms with van der Waals surface area (Å²) in [5.41, 5.74) is 3.11. The standard InChI is InChI=1S/C22H25N5O/c1-17-23-24-25-27(17)15-18-9-11-19(12-10-18)21(28)26-14-6-13-22(2,16-26)20-7-4-3-5-8-20/h3-5,7-12H,6,13-16H2,1-2H3/t22-/m1/s1. The molecule has 0 N–H and O–H groups in total. The van der Waals surface area contributed by atoms with Crippen molar-refractivity contribution in [2.45, 2.75) is 38.6 Å². The fourth-order valence-corrected chi connectivity index (χ4v) is 3.99. The first kappa shape index (κ1) is 18.3. The van der Waals surface area contributed by atoms with Gasteiger partial charge in [0, 0.05) is 24.1 Å². The number of hydrogen-bond acceptors (Lipinski definition) is 4. The lowest BCUT2D eigenvalue weighted by atomic mass is 9.76. The topological polar surface area (TPSA) is 63.9 Å². The van der Waals surface area contributed by atoms with Crippen molar-refractivity contribution in [3.63, 3.8) is 0 Å². The zero-order valence-corrected chi connectivity index (χ0v) is 16.4. The van der Waals surface area contributed by atoms with E-state index < -0.39 is 0 Å². The number of likely N-dealkylation sites (tertiary alicyclic amines) is 1. The highest BCUT2D eigenvalue weighted by Crippen LogP contribution is 2.34. The first-order valence-electron chi connectivity index (χ1n) is 9.72. The monoisotopic (exact) mass is 375 g/mol. The molecule has 1 atom stereocenters. The third-order valence-corrected chi connectivity index (χ3v) is 5.70. The molecule has 4 rings (SSSR count). The largest absolute Gasteiger partial charge is 0.338 e. The molecule has 0 bridgehead atoms. The lowest BCUT2D eigenvalue weighted by Crippen LogP contribution is -2.47. The first-order valence-corrected chi connectivity index (χ1v) is 9.72. The fourth-order valence-electron chi connectivity index (χ4n) is 3.99. The highest BCUT2D eigenvalue weighted by molar-refractivity contribution is 5.94. The third kappa shape index (κ3) is 3.67. The number of piperidine rings is 1. The van der Waals surface area contributed by atoms with Crippen LogP contribution in [0.1, 0.15) is 47.1 Å². The van der Waals surface area contributed by atoms with Gasteiger partial charge in [-0.05, 0) is 53.5 Å². The van der Waals surface area contributed by atoms with Crippen LogP contribution in [-0.4, -0.2) is 44.1 Å². The number of hydrogen-bond donors (Lipinski definition) is 0. The van der Waals surface area contributed by atoms with Gasteiger partial charge in [0.05, 0.1) is 6.54 Å². The summed E-state index contributed by atoms with van der Waals surface area (Å²) >= 11 is 0. The highest BCUT2D eigenvalue weighted by atomic mass is 16.2. The van der Waals surface area contributed by atoms with Crippen LogP contribution >= 0.6 is 0 Å². The quantitative estimate of drug-likeness (QED) is 0.702. The Morgan fingerprint density at radius 1 is 1.11 bits per heavy atom. The van der Waals surface area contributed by atoms with Gasteiger partial charge in [-0.1, -0.05) is 49.4 Å². The first-order chi connectivity index (χ1) is 13.5. The molecule has 3 aromatic rings. The van der Waals surface area contributed by atoms with E-state index in [0.717, 1.165) is 42.9 Å². The van der Waals surface area contributed by atoms with Crippen LogP contribution in [0.5, 0.6) is 0 Å². The molecule has 28 heavy (non-hydrogen) atoms. The van der Waals surface area contributed by atoms with Gasteiger partial charge in [0.15, 0.2) is 0 Å². The van der Waals surface area contributed by atoms with E-state index in [1.54, 1.807) is 4.68 Å². The Morgan fingerprint density at radius 3 is 2.54 bits per heavy atom. The average molecular weight is 375 g/mol. The normalized spacial score (nSPS) is 19.6. The van der Waals surface area contributed by atoms with E-state index >= 15 is 0 Å². The Hall–Kier alpha value is -3.02. The number of aryl methyl sites for hydroxylation is 1. The molecule has 1 aromatic heterocycles. The maximum Gasteiger partial charge on any atom is 0.253 e. The minimum Gasteiger partial charge on any atom is -0.338 e. The van der Waals surface area contributed by atoms with Gasteiger partial charge in [0.25, 0.3) is 5.91 Å². The molecule has 2 aromatic carbocycles. The summed E-state index contributed by atoms with van der Waals surface area (Å²) in [6.45, 7) is 6.30. The summed E-state index contributed by atoms with van der Waals surface area (Å²) in [7, 11) is 0. The summed E-state index contributed by atoms with van der Waals surface area (Å²) in [6.07, 6.45) is 2.12. The van der Waals surface area contributed by atoms with Crippen LogP contribution in [0.2, 0.25) is 0 Å². The third-order valence-electron chi connectivity index (χ3n) is 5.70. The molecule has 144 valence electrons. The van der Waals surface area contributed by atoms with Crippen molar-refractivity contribution < 1.29 is 4.79 Å². The molecule has 1 aliphatic heterocycles. The van der Waals surface area contributed by atoms with Crippen molar-refractivity contribution in [3.05, 3.63) is 77.1 Å². The minimum atomic E-state index is 0.00668. The van der Waals surface area contributed by atoms with Gasteiger partial charge in [-0.25, -0.2) is 4.68 Å². The number of rotatable bonds is 4. The Balaban J connectivity index is 1.47. The summed E-state index contributed by atoms with van der Waals surface area (Å²) < 4.78 is 1.74. The van der Waals surface area contributed by atoms with Crippen LogP contribution in [0.25, 0.3) is 0 Å². The minimum absolute atomic E-state index is 0.00668. The Labute approximate surface area is 165 Å². The second-order valence-corrected chi connectivity index (χ2v) is 7.84. The predicted molar refractivity (Wildman–Crippen MR) is 107 cm³/mol. The van der Waals surface area contributed by atoms with Gasteiger partial charge in [-0.3, -0.25) is 4.79 Å². The van der Waals surface area contributed by atoms with Crippen LogP contribution in [-0.2, 0) is 12.0 Å². The Bertz CT molecular complexity index is 951. The smallest absolute Gasteiger partial charge is 0.253 e. The average Bonchev–Trinajstić information content (AvgIpc) is 3.13. The van der Waals surface area contributed by atoms with E-state index in [0.29, 0.717) is 6.54 Å². The van der Waals surface area contributed by atoms with Crippen LogP contribution in [0.15, 0.2) is 54.6 Å². The van der Waals surface area contributed by atoms with Gasteiger partial charge in [-0.2, -0.15) is 0 Å². The summed E-state index contributed by atoms with van der Waals surface area (Å²) in [6, 6.07) is 18.3. The van der Waals surface area contributed by atoms with Crippen molar-refractivity contribution in [2.24, 2.45) is 0 Å². The molecule has 6 heteroatoms. The second kappa shape index (κ2) is 7.54. The molecular weight excluding hydrogens is 350 g/mol. The zero-order chi connectivity index (χ0) is 19.6. The summed E-state index contributed by atoms with van der Waals surface area (Å²) in [5, 5.41) is 11.5. The Kier molecular flexibility index (Phi) is 4.94. The molecule has 1 saturated heterocycles. The van der Waals surface area contributed by atoms with Gasteiger partial charge >= 0.3 is 0 Å². The molecule has 1 fully saturated rings. The Morgan fingerprint density at radius 2 is 1.86 bits per heavy atom. The van der Waals surface area contributed by atoms with E-state index in [1.165, 1.54) is 5.56 Å². The maximum absolute atomic E-state index is 13.1. The van der Waals surface area contributed by atoms with E-state index in [9.17, 15) is 4.79 Å². The highest BCUT2D eigenvalue weighted by Gasteiger charge is 2.34. The predicted octanol–water partition coefficient (Wildman–Crippen LogP) is 3.22. The van der Waals surface area contributed by atoms with Gasteiger partial charge in [0.2, 0.25) is 0 Å². The summed E-state index contributed by atoms with van der Waals surface area (Å²) in [5.74, 6) is 0.876. The van der Waals surface area contributed by atoms with E-state index in [2.05, 4.69) is 46.7 Å². The van der Waals surface area contributed by atoms with Crippen molar-refractivity contribution in [1.29, 1.82) is 0 Å². The fraction of sp³-hybridized carbons (Fsp3) is 0.364. The number of aromatic nitrogens is 4. The van der Waals surface area contributed by atoms with Gasteiger partial charge in [-0.15, -0.1) is 5.10 Å². The van der Waals surface area contributed by atoms with Gasteiger partial charge < -0.3 is 4.90 Å². The van der Waals surface area contributed by atoms with Crippen LogP contribution in [0.3, 0.4) is 0 Å². The van der Waals surface area contributed by atoms with Crippen LogP contribution in [0.4, 0.5) is 0 Å². The second-order valence-electron chi connectivity index (χ2n) is 7.84. The molecule has 0 radical (unpaired) electrons. The zero-order valence-electron chi connectivity index (χ0n) is 16.4. The van der Waals surface area contributed by atoms with E-state index in [-0.39, 0.29) is 11.3 Å². The molecule has 1 amide bonds. The lowest BCUT2D eigenvalue weighted by Gasteiger charge is -2.41. The molecule has 1 aliphatic rings. The number of nitrogens with zero attached hydrogens (tertiary/aromatic N) is 5. The van der Waals surface area contributed by atoms with Gasteiger partial charge in [0.1, 0.15) is 5.82 Å². The number of tetrazole rings is 1. The maximum atomic E-state index is 13.1. The lowest BCUT2D eigenvalue weighted by molar-refractivity contribution is 0.0651. The number of carbonyl (C=O) groups is 1. The van der Waals surface area contributed by atoms with Crippen molar-refractivity contribution in [2.75, 3.05) is 13.1 Å². The van der Waals surface area contributed by atoms with Crippen LogP contribution in [0, 0.1) is 6.92 Å². The van der Waals surface area contributed by atoms with Crippen molar-refractivity contribution in [1.82, 2.24) is 25.1 Å². The van der Waals surface area contributed by atoms with Crippen LogP contribution < -0.4 is 0 Å². The van der Waals surface area contributed by atoms with E-state index in [1.807, 2.05) is 42.2 Å². The molecule has 0 unspecified atom stereocenters. The number of carbonyl (C=O) groups excluding carboxylic acids is 1.